The van der Waals surface area contributed by atoms with Crippen LogP contribution in [0.1, 0.15) is 99.3 Å². The Morgan fingerprint density at radius 3 is 1.86 bits per heavy atom. The molecule has 31 atom stereocenters. The lowest BCUT2D eigenvalue weighted by Crippen LogP contribution is -2.65. The molecule has 0 bridgehead atoms. The second kappa shape index (κ2) is 21.7. The molecule has 0 radical (unpaired) electrons. The van der Waals surface area contributed by atoms with Crippen LogP contribution in [0.5, 0.6) is 0 Å². The van der Waals surface area contributed by atoms with Crippen molar-refractivity contribution >= 4 is 0 Å². The second-order valence-electron chi connectivity index (χ2n) is 24.0. The standard InChI is InChI=1S/C51H84O22/c1-20(18-65-46-41(62)38(59)34(55)29(17-52)71-46)7-10-31-51(6,64)44-28(70-31)16-27-25-9-8-23-15-24(11-13-49(23,4)26(25)12-14-50(27,44)5)69-48-43(73-47-42(63)37(58)33(54)22(3)68-47)39(60)35(56)30(72-48)19-66-45-40(61)36(57)32(53)21(2)67-45/h10,20-30,32-48,52-64H,7-9,11-19H2,1-6H3. The summed E-state index contributed by atoms with van der Waals surface area (Å²) in [5.41, 5.74) is -1.40. The van der Waals surface area contributed by atoms with Gasteiger partial charge in [0.25, 0.3) is 0 Å². The van der Waals surface area contributed by atoms with Crippen LogP contribution < -0.4 is 0 Å². The topological polar surface area (TPSA) is 346 Å². The minimum atomic E-state index is -1.72. The van der Waals surface area contributed by atoms with E-state index >= 15 is 0 Å². The maximum Gasteiger partial charge on any atom is 0.187 e. The van der Waals surface area contributed by atoms with Crippen molar-refractivity contribution in [3.8, 4) is 0 Å². The monoisotopic (exact) mass is 1050 g/mol. The van der Waals surface area contributed by atoms with Gasteiger partial charge in [0.2, 0.25) is 0 Å². The molecule has 420 valence electrons. The Kier molecular flexibility index (Phi) is 16.8. The van der Waals surface area contributed by atoms with E-state index in [1.807, 2.05) is 19.9 Å². The summed E-state index contributed by atoms with van der Waals surface area (Å²) in [4.78, 5) is 0. The number of ether oxygens (including phenoxy) is 9. The zero-order valence-corrected chi connectivity index (χ0v) is 42.7. The first-order chi connectivity index (χ1) is 34.4. The van der Waals surface area contributed by atoms with Gasteiger partial charge in [0.05, 0.1) is 38.1 Å². The van der Waals surface area contributed by atoms with Crippen molar-refractivity contribution in [3.05, 3.63) is 11.8 Å². The average Bonchev–Trinajstić information content (AvgIpc) is 3.81. The van der Waals surface area contributed by atoms with Gasteiger partial charge in [0, 0.05) is 5.92 Å². The van der Waals surface area contributed by atoms with Gasteiger partial charge in [0.1, 0.15) is 103 Å². The van der Waals surface area contributed by atoms with Crippen molar-refractivity contribution in [1.82, 2.24) is 0 Å². The Hall–Kier alpha value is -1.30. The first-order valence-corrected chi connectivity index (χ1v) is 26.8. The number of hydrogen-bond acceptors (Lipinski definition) is 22. The summed E-state index contributed by atoms with van der Waals surface area (Å²) in [6.45, 7) is 10.7. The van der Waals surface area contributed by atoms with Crippen molar-refractivity contribution in [1.29, 1.82) is 0 Å². The lowest BCUT2D eigenvalue weighted by Gasteiger charge is -2.61. The van der Waals surface area contributed by atoms with Crippen LogP contribution in [0.15, 0.2) is 11.8 Å². The van der Waals surface area contributed by atoms with E-state index in [1.54, 1.807) is 0 Å². The third kappa shape index (κ3) is 10.2. The minimum Gasteiger partial charge on any atom is -0.492 e. The zero-order chi connectivity index (χ0) is 52.8. The zero-order valence-electron chi connectivity index (χ0n) is 42.7. The van der Waals surface area contributed by atoms with Crippen molar-refractivity contribution < 1.29 is 109 Å². The summed E-state index contributed by atoms with van der Waals surface area (Å²) in [7, 11) is 0. The number of allylic oxidation sites excluding steroid dienone is 1. The van der Waals surface area contributed by atoms with Crippen LogP contribution in [-0.2, 0) is 42.6 Å². The number of rotatable bonds is 13. The summed E-state index contributed by atoms with van der Waals surface area (Å²) in [6, 6.07) is 0. The van der Waals surface area contributed by atoms with Gasteiger partial charge >= 0.3 is 0 Å². The van der Waals surface area contributed by atoms with E-state index < -0.39 is 142 Å². The summed E-state index contributed by atoms with van der Waals surface area (Å²) in [6.07, 6.45) is -19.6. The van der Waals surface area contributed by atoms with Crippen LogP contribution in [0, 0.1) is 46.3 Å². The fraction of sp³-hybridized carbons (Fsp3) is 0.961. The molecule has 13 N–H and O–H groups in total. The van der Waals surface area contributed by atoms with Gasteiger partial charge in [-0.2, -0.15) is 0 Å². The van der Waals surface area contributed by atoms with E-state index in [1.165, 1.54) is 13.8 Å². The first-order valence-electron chi connectivity index (χ1n) is 26.8. The summed E-state index contributed by atoms with van der Waals surface area (Å²) >= 11 is 0. The molecule has 9 fully saturated rings. The number of aliphatic hydroxyl groups is 13. The normalized spacial score (nSPS) is 56.0. The highest BCUT2D eigenvalue weighted by molar-refractivity contribution is 5.26. The molecule has 4 aliphatic carbocycles. The molecule has 4 saturated carbocycles. The Bertz CT molecular complexity index is 1890. The Morgan fingerprint density at radius 2 is 1.19 bits per heavy atom. The van der Waals surface area contributed by atoms with Gasteiger partial charge in [0.15, 0.2) is 25.2 Å². The third-order valence-electron chi connectivity index (χ3n) is 19.4. The van der Waals surface area contributed by atoms with Gasteiger partial charge in [-0.3, -0.25) is 0 Å². The van der Waals surface area contributed by atoms with E-state index in [9.17, 15) is 66.4 Å². The predicted molar refractivity (Wildman–Crippen MR) is 249 cm³/mol. The van der Waals surface area contributed by atoms with E-state index in [-0.39, 0.29) is 47.4 Å². The van der Waals surface area contributed by atoms with Gasteiger partial charge in [-0.15, -0.1) is 0 Å². The molecule has 9 aliphatic rings. The average molecular weight is 1050 g/mol. The molecule has 5 heterocycles. The molecule has 0 aromatic heterocycles. The number of hydrogen-bond donors (Lipinski definition) is 13. The molecule has 5 aliphatic heterocycles. The van der Waals surface area contributed by atoms with Crippen molar-refractivity contribution in [2.24, 2.45) is 46.3 Å². The molecule has 0 spiro atoms. The van der Waals surface area contributed by atoms with E-state index in [4.69, 9.17) is 42.6 Å². The van der Waals surface area contributed by atoms with Crippen molar-refractivity contribution in [2.75, 3.05) is 19.8 Å². The highest BCUT2D eigenvalue weighted by Gasteiger charge is 2.69. The highest BCUT2D eigenvalue weighted by Crippen LogP contribution is 2.71. The van der Waals surface area contributed by atoms with Crippen molar-refractivity contribution in [2.45, 2.75) is 240 Å². The molecule has 31 unspecified atom stereocenters. The molecule has 0 aromatic rings. The maximum atomic E-state index is 12.4. The predicted octanol–water partition coefficient (Wildman–Crippen LogP) is -1.98. The van der Waals surface area contributed by atoms with Crippen LogP contribution >= 0.6 is 0 Å². The summed E-state index contributed by atoms with van der Waals surface area (Å²) < 4.78 is 54.2. The molecule has 22 nitrogen and oxygen atoms in total. The second-order valence-corrected chi connectivity index (χ2v) is 24.0. The number of fused-ring (bicyclic) bond motifs is 7. The fourth-order valence-corrected chi connectivity index (χ4v) is 15.1. The quantitative estimate of drug-likeness (QED) is 0.0889. The Labute approximate surface area is 426 Å². The smallest absolute Gasteiger partial charge is 0.187 e. The van der Waals surface area contributed by atoms with Gasteiger partial charge < -0.3 is 109 Å². The van der Waals surface area contributed by atoms with Crippen LogP contribution in [0.3, 0.4) is 0 Å². The lowest BCUT2D eigenvalue weighted by molar-refractivity contribution is -0.375. The van der Waals surface area contributed by atoms with Crippen LogP contribution in [0.25, 0.3) is 0 Å². The van der Waals surface area contributed by atoms with Gasteiger partial charge in [-0.25, -0.2) is 0 Å². The SMILES string of the molecule is CC(CC=C1OC2CC3C4CCC5CC(OC6OC(COC7OC(C)C(O)C(O)C7O)C(O)C(O)C6OC6OC(C)C(O)C(O)C6O)CCC5(C)C4CCC3(C)C2C1(C)O)COC1OC(CO)C(O)C(O)C1O. The molecule has 22 heteroatoms. The Balaban J connectivity index is 0.837. The lowest BCUT2D eigenvalue weighted by atomic mass is 9.44. The van der Waals surface area contributed by atoms with Gasteiger partial charge in [-0.05, 0) is 125 Å². The summed E-state index contributed by atoms with van der Waals surface area (Å²) in [5, 5.41) is 139. The Morgan fingerprint density at radius 1 is 0.603 bits per heavy atom. The van der Waals surface area contributed by atoms with Crippen molar-refractivity contribution in [3.63, 3.8) is 0 Å². The van der Waals surface area contributed by atoms with Crippen LogP contribution in [-0.4, -0.2) is 227 Å². The molecular weight excluding hydrogens is 965 g/mol. The molecule has 0 amide bonds. The molecule has 73 heavy (non-hydrogen) atoms. The molecule has 9 rings (SSSR count). The highest BCUT2D eigenvalue weighted by atomic mass is 16.8. The van der Waals surface area contributed by atoms with E-state index in [0.29, 0.717) is 42.8 Å². The largest absolute Gasteiger partial charge is 0.492 e. The first kappa shape index (κ1) is 56.4. The molecule has 0 aromatic carbocycles. The van der Waals surface area contributed by atoms with E-state index in [0.717, 1.165) is 38.5 Å². The van der Waals surface area contributed by atoms with Crippen LogP contribution in [0.4, 0.5) is 0 Å². The summed E-state index contributed by atoms with van der Waals surface area (Å²) in [5.74, 6) is 1.79. The maximum absolute atomic E-state index is 12.4. The fourth-order valence-electron chi connectivity index (χ4n) is 15.1. The minimum absolute atomic E-state index is 0.0251. The molecule has 5 saturated heterocycles. The van der Waals surface area contributed by atoms with Gasteiger partial charge in [-0.1, -0.05) is 20.8 Å². The third-order valence-corrected chi connectivity index (χ3v) is 19.4. The van der Waals surface area contributed by atoms with Crippen LogP contribution in [0.2, 0.25) is 0 Å². The number of aliphatic hydroxyl groups excluding tert-OH is 12. The molecular formula is C51H84O22. The van der Waals surface area contributed by atoms with E-state index in [2.05, 4.69) is 13.8 Å².